The Bertz CT molecular complexity index is 426. The highest BCUT2D eigenvalue weighted by Crippen LogP contribution is 2.15. The number of hydrogen-bond acceptors (Lipinski definition) is 2. The number of nitrogens with two attached hydrogens (primary N) is 1. The summed E-state index contributed by atoms with van der Waals surface area (Å²) in [5.41, 5.74) is 0.830. The predicted molar refractivity (Wildman–Crippen MR) is 73.8 cm³/mol. The zero-order valence-electron chi connectivity index (χ0n) is 11.9. The van der Waals surface area contributed by atoms with Crippen LogP contribution in [0.1, 0.15) is 32.4 Å². The molecule has 2 rings (SSSR count). The zero-order valence-corrected chi connectivity index (χ0v) is 11.9. The lowest BCUT2D eigenvalue weighted by molar-refractivity contribution is -0.703. The van der Waals surface area contributed by atoms with Gasteiger partial charge >= 0.3 is 6.09 Å². The van der Waals surface area contributed by atoms with Gasteiger partial charge in [0.2, 0.25) is 0 Å². The Morgan fingerprint density at radius 1 is 1.32 bits per heavy atom. The van der Waals surface area contributed by atoms with Crippen molar-refractivity contribution in [2.45, 2.75) is 32.4 Å². The number of carbonyl (C=O) groups is 1. The summed E-state index contributed by atoms with van der Waals surface area (Å²) in [7, 11) is 0. The van der Waals surface area contributed by atoms with E-state index in [1.54, 1.807) is 0 Å². The topological polar surface area (TPSA) is 46.1 Å². The summed E-state index contributed by atoms with van der Waals surface area (Å²) in [6.07, 6.45) is -0.207. The maximum absolute atomic E-state index is 12.1. The maximum atomic E-state index is 12.1. The van der Waals surface area contributed by atoms with Crippen molar-refractivity contribution in [1.29, 1.82) is 0 Å². The normalized spacial score (nSPS) is 20.2. The first-order valence-corrected chi connectivity index (χ1v) is 6.82. The van der Waals surface area contributed by atoms with Crippen LogP contribution in [0, 0.1) is 0 Å². The van der Waals surface area contributed by atoms with Crippen molar-refractivity contribution in [2.75, 3.05) is 19.6 Å². The summed E-state index contributed by atoms with van der Waals surface area (Å²) in [4.78, 5) is 13.9. The molecule has 1 saturated heterocycles. The average molecular weight is 263 g/mol. The number of quaternary nitrogens is 1. The van der Waals surface area contributed by atoms with Gasteiger partial charge in [-0.15, -0.1) is 0 Å². The van der Waals surface area contributed by atoms with Crippen LogP contribution in [-0.2, 0) is 4.74 Å². The highest BCUT2D eigenvalue weighted by molar-refractivity contribution is 5.68. The summed E-state index contributed by atoms with van der Waals surface area (Å²) >= 11 is 0. The Morgan fingerprint density at radius 3 is 2.63 bits per heavy atom. The molecule has 1 aliphatic rings. The third-order valence-corrected chi connectivity index (χ3v) is 3.15. The van der Waals surface area contributed by atoms with Gasteiger partial charge < -0.3 is 10.1 Å². The van der Waals surface area contributed by atoms with E-state index in [1.165, 1.54) is 5.56 Å². The van der Waals surface area contributed by atoms with Crippen LogP contribution in [-0.4, -0.2) is 36.2 Å². The summed E-state index contributed by atoms with van der Waals surface area (Å²) in [5, 5.41) is 2.29. The van der Waals surface area contributed by atoms with Gasteiger partial charge in [0, 0.05) is 5.56 Å². The Morgan fingerprint density at radius 2 is 2.00 bits per heavy atom. The fraction of sp³-hybridized carbons (Fsp3) is 0.533. The molecule has 1 atom stereocenters. The molecule has 104 valence electrons. The SMILES string of the molecule is CC(C)(C)OC(=O)N1CC[NH2+][C@H](c2ccccc2)C1. The van der Waals surface area contributed by atoms with Gasteiger partial charge in [0.05, 0.1) is 19.6 Å². The van der Waals surface area contributed by atoms with Crippen LogP contribution in [0.4, 0.5) is 4.79 Å². The maximum Gasteiger partial charge on any atom is 0.410 e. The molecule has 4 heteroatoms. The first-order chi connectivity index (χ1) is 8.96. The van der Waals surface area contributed by atoms with Gasteiger partial charge in [0.15, 0.2) is 0 Å². The molecule has 1 fully saturated rings. The van der Waals surface area contributed by atoms with E-state index >= 15 is 0 Å². The Balaban J connectivity index is 2.00. The fourth-order valence-corrected chi connectivity index (χ4v) is 2.27. The lowest BCUT2D eigenvalue weighted by Gasteiger charge is -2.32. The number of benzene rings is 1. The number of piperazine rings is 1. The molecule has 0 radical (unpaired) electrons. The molecule has 1 heterocycles. The average Bonchev–Trinajstić information content (AvgIpc) is 2.38. The second-order valence-electron chi connectivity index (χ2n) is 5.97. The standard InChI is InChI=1S/C15H22N2O2/c1-15(2,3)19-14(18)17-10-9-16-13(11-17)12-7-5-4-6-8-12/h4-8,13,16H,9-11H2,1-3H3/p+1/t13-/m0/s1. The smallest absolute Gasteiger partial charge is 0.410 e. The molecule has 0 aliphatic carbocycles. The third-order valence-electron chi connectivity index (χ3n) is 3.15. The van der Waals surface area contributed by atoms with Gasteiger partial charge in [-0.1, -0.05) is 30.3 Å². The van der Waals surface area contributed by atoms with Gasteiger partial charge in [-0.05, 0) is 20.8 Å². The van der Waals surface area contributed by atoms with Gasteiger partial charge in [-0.3, -0.25) is 4.90 Å². The number of hydrogen-bond donors (Lipinski definition) is 1. The quantitative estimate of drug-likeness (QED) is 0.835. The molecule has 1 aliphatic heterocycles. The van der Waals surface area contributed by atoms with E-state index in [0.717, 1.165) is 13.1 Å². The second-order valence-corrected chi connectivity index (χ2v) is 5.97. The molecule has 0 saturated carbocycles. The molecule has 0 spiro atoms. The Labute approximate surface area is 114 Å². The van der Waals surface area contributed by atoms with Crippen LogP contribution in [0.2, 0.25) is 0 Å². The van der Waals surface area contributed by atoms with E-state index in [-0.39, 0.29) is 6.09 Å². The van der Waals surface area contributed by atoms with Gasteiger partial charge in [-0.25, -0.2) is 4.79 Å². The number of carbonyl (C=O) groups excluding carboxylic acids is 1. The summed E-state index contributed by atoms with van der Waals surface area (Å²) < 4.78 is 5.43. The molecule has 0 aromatic heterocycles. The number of ether oxygens (including phenoxy) is 1. The predicted octanol–water partition coefficient (Wildman–Crippen LogP) is 1.54. The molecular weight excluding hydrogens is 240 g/mol. The van der Waals surface area contributed by atoms with Gasteiger partial charge in [0.1, 0.15) is 11.6 Å². The van der Waals surface area contributed by atoms with Gasteiger partial charge in [0.25, 0.3) is 0 Å². The first-order valence-electron chi connectivity index (χ1n) is 6.82. The van der Waals surface area contributed by atoms with Crippen LogP contribution in [0.5, 0.6) is 0 Å². The molecule has 4 nitrogen and oxygen atoms in total. The first kappa shape index (κ1) is 13.9. The molecule has 1 aromatic rings. The minimum absolute atomic E-state index is 0.207. The number of nitrogens with zero attached hydrogens (tertiary/aromatic N) is 1. The van der Waals surface area contributed by atoms with Crippen molar-refractivity contribution >= 4 is 6.09 Å². The summed E-state index contributed by atoms with van der Waals surface area (Å²) in [5.74, 6) is 0. The van der Waals surface area contributed by atoms with E-state index in [4.69, 9.17) is 4.74 Å². The second kappa shape index (κ2) is 5.61. The minimum Gasteiger partial charge on any atom is -0.444 e. The van der Waals surface area contributed by atoms with Crippen LogP contribution < -0.4 is 5.32 Å². The van der Waals surface area contributed by atoms with Crippen LogP contribution in [0.15, 0.2) is 30.3 Å². The molecule has 1 aromatic carbocycles. The van der Waals surface area contributed by atoms with Gasteiger partial charge in [-0.2, -0.15) is 0 Å². The van der Waals surface area contributed by atoms with Crippen molar-refractivity contribution in [2.24, 2.45) is 0 Å². The van der Waals surface area contributed by atoms with Crippen LogP contribution in [0.3, 0.4) is 0 Å². The highest BCUT2D eigenvalue weighted by atomic mass is 16.6. The molecule has 2 N–H and O–H groups in total. The van der Waals surface area contributed by atoms with E-state index < -0.39 is 5.60 Å². The van der Waals surface area contributed by atoms with Crippen molar-refractivity contribution in [1.82, 2.24) is 4.90 Å². The van der Waals surface area contributed by atoms with E-state index in [1.807, 2.05) is 43.9 Å². The van der Waals surface area contributed by atoms with Crippen molar-refractivity contribution < 1.29 is 14.8 Å². The Kier molecular flexibility index (Phi) is 4.10. The summed E-state index contributed by atoms with van der Waals surface area (Å²) in [6, 6.07) is 10.6. The lowest BCUT2D eigenvalue weighted by Crippen LogP contribution is -2.90. The van der Waals surface area contributed by atoms with E-state index in [2.05, 4.69) is 17.4 Å². The largest absolute Gasteiger partial charge is 0.444 e. The summed E-state index contributed by atoms with van der Waals surface area (Å²) in [6.45, 7) is 8.07. The molecule has 0 unspecified atom stereocenters. The van der Waals surface area contributed by atoms with Crippen LogP contribution >= 0.6 is 0 Å². The van der Waals surface area contributed by atoms with Crippen molar-refractivity contribution in [3.8, 4) is 0 Å². The minimum atomic E-state index is -0.430. The fourth-order valence-electron chi connectivity index (χ4n) is 2.27. The van der Waals surface area contributed by atoms with E-state index in [0.29, 0.717) is 12.6 Å². The molecule has 1 amide bonds. The lowest BCUT2D eigenvalue weighted by atomic mass is 10.1. The highest BCUT2D eigenvalue weighted by Gasteiger charge is 2.30. The van der Waals surface area contributed by atoms with Crippen molar-refractivity contribution in [3.63, 3.8) is 0 Å². The monoisotopic (exact) mass is 263 g/mol. The molecular formula is C15H23N2O2+. The molecule has 19 heavy (non-hydrogen) atoms. The van der Waals surface area contributed by atoms with E-state index in [9.17, 15) is 4.79 Å². The number of amides is 1. The third kappa shape index (κ3) is 3.96. The zero-order chi connectivity index (χ0) is 13.9. The van der Waals surface area contributed by atoms with Crippen LogP contribution in [0.25, 0.3) is 0 Å². The molecule has 0 bridgehead atoms. The van der Waals surface area contributed by atoms with Crippen molar-refractivity contribution in [3.05, 3.63) is 35.9 Å². The number of rotatable bonds is 1. The Hall–Kier alpha value is -1.55.